The molecule has 0 heterocycles. The van der Waals surface area contributed by atoms with Crippen LogP contribution in [-0.2, 0) is 4.79 Å². The lowest BCUT2D eigenvalue weighted by Gasteiger charge is -2.12. The normalized spacial score (nSPS) is 11.7. The highest BCUT2D eigenvalue weighted by Gasteiger charge is 2.21. The Kier molecular flexibility index (Phi) is 4.82. The number of amides is 1. The molecule has 0 bridgehead atoms. The minimum atomic E-state index is -1.06. The van der Waals surface area contributed by atoms with E-state index in [1.807, 2.05) is 0 Å². The van der Waals surface area contributed by atoms with Gasteiger partial charge >= 0.3 is 5.97 Å². The number of nitrogens with zero attached hydrogens (tertiary/aromatic N) is 1. The van der Waals surface area contributed by atoms with Gasteiger partial charge in [-0.2, -0.15) is 0 Å². The summed E-state index contributed by atoms with van der Waals surface area (Å²) >= 11 is 5.77. The first kappa shape index (κ1) is 14.9. The standard InChI is InChI=1S/C11H11ClN2O5/c1-6(5-9(15)16)13-11(17)7-3-2-4-8(10(7)12)14(18)19/h2-4,6H,5H2,1H3,(H,13,17)(H,15,16). The number of carboxylic acids is 1. The molecule has 0 aliphatic rings. The molecule has 7 nitrogen and oxygen atoms in total. The van der Waals surface area contributed by atoms with Gasteiger partial charge in [0.25, 0.3) is 11.6 Å². The summed E-state index contributed by atoms with van der Waals surface area (Å²) in [5.41, 5.74) is -0.437. The molecular weight excluding hydrogens is 276 g/mol. The van der Waals surface area contributed by atoms with Crippen molar-refractivity contribution < 1.29 is 19.6 Å². The molecule has 1 aromatic carbocycles. The molecule has 1 aromatic rings. The molecule has 1 unspecified atom stereocenters. The molecule has 2 N–H and O–H groups in total. The van der Waals surface area contributed by atoms with E-state index >= 15 is 0 Å². The molecule has 0 aliphatic carbocycles. The third kappa shape index (κ3) is 3.92. The molecule has 0 spiro atoms. The van der Waals surface area contributed by atoms with Gasteiger partial charge in [0.05, 0.1) is 16.9 Å². The number of carbonyl (C=O) groups is 2. The summed E-state index contributed by atoms with van der Waals surface area (Å²) in [5, 5.41) is 21.4. The van der Waals surface area contributed by atoms with Crippen LogP contribution in [-0.4, -0.2) is 27.9 Å². The number of carboxylic acid groups (broad SMARTS) is 1. The summed E-state index contributed by atoms with van der Waals surface area (Å²) in [5.74, 6) is -1.71. The van der Waals surface area contributed by atoms with Gasteiger partial charge in [-0.3, -0.25) is 19.7 Å². The van der Waals surface area contributed by atoms with Gasteiger partial charge in [0, 0.05) is 12.1 Å². The SMILES string of the molecule is CC(CC(=O)O)NC(=O)c1cccc([N+](=O)[O-])c1Cl. The van der Waals surface area contributed by atoms with Gasteiger partial charge in [-0.25, -0.2) is 0 Å². The molecule has 0 saturated heterocycles. The number of benzene rings is 1. The third-order valence-electron chi connectivity index (χ3n) is 2.28. The Labute approximate surface area is 113 Å². The van der Waals surface area contributed by atoms with E-state index in [0.29, 0.717) is 0 Å². The van der Waals surface area contributed by atoms with E-state index in [9.17, 15) is 19.7 Å². The molecule has 1 amide bonds. The minimum Gasteiger partial charge on any atom is -0.481 e. The number of aliphatic carboxylic acids is 1. The highest BCUT2D eigenvalue weighted by molar-refractivity contribution is 6.35. The van der Waals surface area contributed by atoms with Crippen LogP contribution in [0.25, 0.3) is 0 Å². The number of rotatable bonds is 5. The number of hydrogen-bond donors (Lipinski definition) is 2. The topological polar surface area (TPSA) is 110 Å². The summed E-state index contributed by atoms with van der Waals surface area (Å²) < 4.78 is 0. The fourth-order valence-electron chi connectivity index (χ4n) is 1.45. The van der Waals surface area contributed by atoms with Gasteiger partial charge in [0.1, 0.15) is 5.02 Å². The lowest BCUT2D eigenvalue weighted by atomic mass is 10.1. The maximum Gasteiger partial charge on any atom is 0.305 e. The van der Waals surface area contributed by atoms with Crippen LogP contribution in [0, 0.1) is 10.1 Å². The third-order valence-corrected chi connectivity index (χ3v) is 2.68. The Hall–Kier alpha value is -2.15. The summed E-state index contributed by atoms with van der Waals surface area (Å²) in [6, 6.07) is 3.24. The van der Waals surface area contributed by atoms with Gasteiger partial charge in [0.15, 0.2) is 0 Å². The molecule has 0 saturated carbocycles. The number of halogens is 1. The number of nitro groups is 1. The van der Waals surface area contributed by atoms with Gasteiger partial charge < -0.3 is 10.4 Å². The molecule has 19 heavy (non-hydrogen) atoms. The highest BCUT2D eigenvalue weighted by Crippen LogP contribution is 2.27. The Balaban J connectivity index is 2.92. The van der Waals surface area contributed by atoms with Gasteiger partial charge in [0.2, 0.25) is 0 Å². The van der Waals surface area contributed by atoms with Crippen molar-refractivity contribution in [3.8, 4) is 0 Å². The number of carbonyl (C=O) groups excluding carboxylic acids is 1. The van der Waals surface area contributed by atoms with Crippen LogP contribution in [0.15, 0.2) is 18.2 Å². The first-order chi connectivity index (χ1) is 8.82. The van der Waals surface area contributed by atoms with Crippen LogP contribution in [0.3, 0.4) is 0 Å². The molecule has 1 atom stereocenters. The van der Waals surface area contributed by atoms with E-state index in [1.54, 1.807) is 0 Å². The van der Waals surface area contributed by atoms with E-state index in [-0.39, 0.29) is 22.7 Å². The molecular formula is C11H11ClN2O5. The lowest BCUT2D eigenvalue weighted by Crippen LogP contribution is -2.34. The zero-order valence-electron chi connectivity index (χ0n) is 9.92. The average molecular weight is 287 g/mol. The van der Waals surface area contributed by atoms with Crippen molar-refractivity contribution in [2.24, 2.45) is 0 Å². The second kappa shape index (κ2) is 6.14. The molecule has 1 rings (SSSR count). The molecule has 0 fully saturated rings. The lowest BCUT2D eigenvalue weighted by molar-refractivity contribution is -0.384. The monoisotopic (exact) mass is 286 g/mol. The van der Waals surface area contributed by atoms with Crippen molar-refractivity contribution >= 4 is 29.2 Å². The quantitative estimate of drug-likeness (QED) is 0.634. The van der Waals surface area contributed by atoms with Crippen LogP contribution in [0.4, 0.5) is 5.69 Å². The molecule has 0 aliphatic heterocycles. The Morgan fingerprint density at radius 3 is 2.68 bits per heavy atom. The fraction of sp³-hybridized carbons (Fsp3) is 0.273. The predicted molar refractivity (Wildman–Crippen MR) is 67.3 cm³/mol. The van der Waals surface area contributed by atoms with Crippen molar-refractivity contribution in [1.29, 1.82) is 0 Å². The smallest absolute Gasteiger partial charge is 0.305 e. The summed E-state index contributed by atoms with van der Waals surface area (Å²) in [6.07, 6.45) is -0.252. The van der Waals surface area contributed by atoms with E-state index in [0.717, 1.165) is 0 Å². The van der Waals surface area contributed by atoms with Gasteiger partial charge in [-0.05, 0) is 13.0 Å². The largest absolute Gasteiger partial charge is 0.481 e. The second-order valence-electron chi connectivity index (χ2n) is 3.87. The molecule has 8 heteroatoms. The van der Waals surface area contributed by atoms with Crippen molar-refractivity contribution in [1.82, 2.24) is 5.32 Å². The first-order valence-electron chi connectivity index (χ1n) is 5.28. The van der Waals surface area contributed by atoms with Crippen LogP contribution in [0.1, 0.15) is 23.7 Å². The number of nitro benzene ring substituents is 1. The first-order valence-corrected chi connectivity index (χ1v) is 5.66. The van der Waals surface area contributed by atoms with Gasteiger partial charge in [-0.15, -0.1) is 0 Å². The summed E-state index contributed by atoms with van der Waals surface area (Å²) in [7, 11) is 0. The van der Waals surface area contributed by atoms with E-state index in [4.69, 9.17) is 16.7 Å². The average Bonchev–Trinajstić information content (AvgIpc) is 2.27. The zero-order chi connectivity index (χ0) is 14.6. The van der Waals surface area contributed by atoms with Crippen LogP contribution < -0.4 is 5.32 Å². The van der Waals surface area contributed by atoms with Crippen LogP contribution in [0.5, 0.6) is 0 Å². The van der Waals surface area contributed by atoms with E-state index < -0.39 is 22.8 Å². The zero-order valence-corrected chi connectivity index (χ0v) is 10.7. The minimum absolute atomic E-state index is 0.0619. The van der Waals surface area contributed by atoms with Crippen molar-refractivity contribution in [2.75, 3.05) is 0 Å². The van der Waals surface area contributed by atoms with Crippen molar-refractivity contribution in [3.63, 3.8) is 0 Å². The van der Waals surface area contributed by atoms with Crippen LogP contribution >= 0.6 is 11.6 Å². The second-order valence-corrected chi connectivity index (χ2v) is 4.25. The summed E-state index contributed by atoms with van der Waals surface area (Å²) in [4.78, 5) is 32.3. The molecule has 0 radical (unpaired) electrons. The Morgan fingerprint density at radius 1 is 1.53 bits per heavy atom. The van der Waals surface area contributed by atoms with Crippen LogP contribution in [0.2, 0.25) is 5.02 Å². The van der Waals surface area contributed by atoms with E-state index in [1.165, 1.54) is 25.1 Å². The van der Waals surface area contributed by atoms with Crippen molar-refractivity contribution in [2.45, 2.75) is 19.4 Å². The maximum absolute atomic E-state index is 11.8. The van der Waals surface area contributed by atoms with E-state index in [2.05, 4.69) is 5.32 Å². The predicted octanol–water partition coefficient (Wildman–Crippen LogP) is 1.84. The summed E-state index contributed by atoms with van der Waals surface area (Å²) in [6.45, 7) is 1.51. The molecule has 0 aromatic heterocycles. The Bertz CT molecular complexity index is 532. The maximum atomic E-state index is 11.8. The van der Waals surface area contributed by atoms with Gasteiger partial charge in [-0.1, -0.05) is 17.7 Å². The fourth-order valence-corrected chi connectivity index (χ4v) is 1.73. The Morgan fingerprint density at radius 2 is 2.16 bits per heavy atom. The van der Waals surface area contributed by atoms with Crippen molar-refractivity contribution in [3.05, 3.63) is 38.9 Å². The highest BCUT2D eigenvalue weighted by atomic mass is 35.5. The molecule has 102 valence electrons. The number of hydrogen-bond acceptors (Lipinski definition) is 4. The number of nitrogens with one attached hydrogen (secondary N) is 1.